The molecule has 0 spiro atoms. The summed E-state index contributed by atoms with van der Waals surface area (Å²) in [5.41, 5.74) is 8.33. The van der Waals surface area contributed by atoms with Gasteiger partial charge in [0.25, 0.3) is 0 Å². The van der Waals surface area contributed by atoms with Crippen molar-refractivity contribution in [3.63, 3.8) is 0 Å². The summed E-state index contributed by atoms with van der Waals surface area (Å²) >= 11 is 4.94. The molecular formula is C13H19N3OS. The highest BCUT2D eigenvalue weighted by Crippen LogP contribution is 2.14. The molecule has 4 nitrogen and oxygen atoms in total. The van der Waals surface area contributed by atoms with E-state index in [1.807, 2.05) is 39.0 Å². The first-order chi connectivity index (χ1) is 8.40. The lowest BCUT2D eigenvalue weighted by Gasteiger charge is -2.11. The molecule has 0 aromatic heterocycles. The Morgan fingerprint density at radius 2 is 2.11 bits per heavy atom. The van der Waals surface area contributed by atoms with E-state index in [2.05, 4.69) is 10.6 Å². The molecule has 0 fully saturated rings. The van der Waals surface area contributed by atoms with Gasteiger partial charge in [-0.1, -0.05) is 12.2 Å². The Kier molecular flexibility index (Phi) is 5.09. The maximum absolute atomic E-state index is 11.5. The van der Waals surface area contributed by atoms with E-state index in [4.69, 9.17) is 18.0 Å². The van der Waals surface area contributed by atoms with Gasteiger partial charge in [-0.05, 0) is 44.5 Å². The SMILES string of the molecule is Cc1cc(NCC(=O)NC(C)C)ccc1C(N)=S. The third kappa shape index (κ3) is 4.33. The van der Waals surface area contributed by atoms with E-state index >= 15 is 0 Å². The summed E-state index contributed by atoms with van der Waals surface area (Å²) in [6, 6.07) is 5.81. The summed E-state index contributed by atoms with van der Waals surface area (Å²) in [5.74, 6) is -0.0268. The third-order valence-corrected chi connectivity index (χ3v) is 2.61. The molecule has 1 aromatic carbocycles. The summed E-state index contributed by atoms with van der Waals surface area (Å²) in [6.45, 7) is 6.05. The van der Waals surface area contributed by atoms with Gasteiger partial charge in [-0.15, -0.1) is 0 Å². The molecule has 0 aliphatic rings. The van der Waals surface area contributed by atoms with Crippen LogP contribution in [0.15, 0.2) is 18.2 Å². The van der Waals surface area contributed by atoms with E-state index in [9.17, 15) is 4.79 Å². The first kappa shape index (κ1) is 14.4. The maximum atomic E-state index is 11.5. The molecule has 4 N–H and O–H groups in total. The van der Waals surface area contributed by atoms with Crippen molar-refractivity contribution in [1.29, 1.82) is 0 Å². The predicted octanol–water partition coefficient (Wildman–Crippen LogP) is 1.57. The Balaban J connectivity index is 2.61. The lowest BCUT2D eigenvalue weighted by Crippen LogP contribution is -2.34. The molecule has 18 heavy (non-hydrogen) atoms. The summed E-state index contributed by atoms with van der Waals surface area (Å²) in [5, 5.41) is 5.88. The molecule has 0 saturated heterocycles. The highest BCUT2D eigenvalue weighted by molar-refractivity contribution is 7.80. The standard InChI is InChI=1S/C13H19N3OS/c1-8(2)16-12(17)7-15-10-4-5-11(13(14)18)9(3)6-10/h4-6,8,15H,7H2,1-3H3,(H2,14,18)(H,16,17). The van der Waals surface area contributed by atoms with Gasteiger partial charge in [-0.25, -0.2) is 0 Å². The second-order valence-electron chi connectivity index (χ2n) is 4.47. The number of carbonyl (C=O) groups excluding carboxylic acids is 1. The summed E-state index contributed by atoms with van der Waals surface area (Å²) in [7, 11) is 0. The van der Waals surface area contributed by atoms with Gasteiger partial charge < -0.3 is 16.4 Å². The zero-order valence-corrected chi connectivity index (χ0v) is 11.7. The van der Waals surface area contributed by atoms with Crippen molar-refractivity contribution < 1.29 is 4.79 Å². The summed E-state index contributed by atoms with van der Waals surface area (Å²) in [4.78, 5) is 11.9. The van der Waals surface area contributed by atoms with Crippen LogP contribution in [0.25, 0.3) is 0 Å². The van der Waals surface area contributed by atoms with Crippen LogP contribution in [0.5, 0.6) is 0 Å². The second kappa shape index (κ2) is 6.35. The largest absolute Gasteiger partial charge is 0.389 e. The summed E-state index contributed by atoms with van der Waals surface area (Å²) in [6.07, 6.45) is 0. The van der Waals surface area contributed by atoms with Crippen molar-refractivity contribution in [2.45, 2.75) is 26.8 Å². The summed E-state index contributed by atoms with van der Waals surface area (Å²) < 4.78 is 0. The Bertz CT molecular complexity index is 458. The van der Waals surface area contributed by atoms with E-state index < -0.39 is 0 Å². The highest BCUT2D eigenvalue weighted by Gasteiger charge is 2.05. The van der Waals surface area contributed by atoms with Crippen molar-refractivity contribution in [3.05, 3.63) is 29.3 Å². The first-order valence-corrected chi connectivity index (χ1v) is 6.24. The minimum absolute atomic E-state index is 0.0268. The fraction of sp³-hybridized carbons (Fsp3) is 0.385. The Labute approximate surface area is 113 Å². The maximum Gasteiger partial charge on any atom is 0.239 e. The van der Waals surface area contributed by atoms with Gasteiger partial charge in [-0.2, -0.15) is 0 Å². The van der Waals surface area contributed by atoms with Crippen molar-refractivity contribution in [2.24, 2.45) is 5.73 Å². The van der Waals surface area contributed by atoms with Gasteiger partial charge >= 0.3 is 0 Å². The molecule has 0 atom stereocenters. The number of aryl methyl sites for hydroxylation is 1. The quantitative estimate of drug-likeness (QED) is 0.707. The van der Waals surface area contributed by atoms with E-state index in [0.717, 1.165) is 16.8 Å². The number of hydrogen-bond donors (Lipinski definition) is 3. The molecule has 5 heteroatoms. The molecule has 0 aliphatic heterocycles. The number of anilines is 1. The van der Waals surface area contributed by atoms with Crippen LogP contribution in [0.3, 0.4) is 0 Å². The van der Waals surface area contributed by atoms with E-state index in [0.29, 0.717) is 4.99 Å². The Hall–Kier alpha value is -1.62. The van der Waals surface area contributed by atoms with Gasteiger partial charge in [-0.3, -0.25) is 4.79 Å². The number of nitrogens with two attached hydrogens (primary N) is 1. The molecule has 0 unspecified atom stereocenters. The average Bonchev–Trinajstić information content (AvgIpc) is 2.25. The first-order valence-electron chi connectivity index (χ1n) is 5.84. The topological polar surface area (TPSA) is 67.2 Å². The van der Waals surface area contributed by atoms with Gasteiger partial charge in [0.15, 0.2) is 0 Å². The van der Waals surface area contributed by atoms with E-state index in [1.165, 1.54) is 0 Å². The zero-order valence-electron chi connectivity index (χ0n) is 10.9. The van der Waals surface area contributed by atoms with E-state index in [-0.39, 0.29) is 18.5 Å². The molecule has 0 bridgehead atoms. The fourth-order valence-corrected chi connectivity index (χ4v) is 1.83. The second-order valence-corrected chi connectivity index (χ2v) is 4.91. The third-order valence-electron chi connectivity index (χ3n) is 2.39. The minimum Gasteiger partial charge on any atom is -0.389 e. The smallest absolute Gasteiger partial charge is 0.239 e. The molecule has 0 radical (unpaired) electrons. The normalized spacial score (nSPS) is 10.2. The van der Waals surface area contributed by atoms with Crippen LogP contribution in [0.4, 0.5) is 5.69 Å². The lowest BCUT2D eigenvalue weighted by molar-refractivity contribution is -0.119. The Morgan fingerprint density at radius 3 is 2.61 bits per heavy atom. The van der Waals surface area contributed by atoms with Crippen molar-refractivity contribution >= 4 is 28.8 Å². The number of carbonyl (C=O) groups is 1. The number of thiocarbonyl (C=S) groups is 1. The van der Waals surface area contributed by atoms with Crippen LogP contribution >= 0.6 is 12.2 Å². The molecule has 1 amide bonds. The number of hydrogen-bond acceptors (Lipinski definition) is 3. The molecule has 1 rings (SSSR count). The lowest BCUT2D eigenvalue weighted by atomic mass is 10.1. The molecule has 0 aliphatic carbocycles. The van der Waals surface area contributed by atoms with Gasteiger partial charge in [0.1, 0.15) is 4.99 Å². The van der Waals surface area contributed by atoms with Gasteiger partial charge in [0.2, 0.25) is 5.91 Å². The molecule has 1 aromatic rings. The van der Waals surface area contributed by atoms with Gasteiger partial charge in [0, 0.05) is 17.3 Å². The average molecular weight is 265 g/mol. The van der Waals surface area contributed by atoms with Crippen molar-refractivity contribution in [3.8, 4) is 0 Å². The fourth-order valence-electron chi connectivity index (χ4n) is 1.61. The highest BCUT2D eigenvalue weighted by atomic mass is 32.1. The van der Waals surface area contributed by atoms with Crippen LogP contribution in [0.1, 0.15) is 25.0 Å². The molecule has 98 valence electrons. The van der Waals surface area contributed by atoms with Gasteiger partial charge in [0.05, 0.1) is 6.54 Å². The van der Waals surface area contributed by atoms with Crippen LogP contribution < -0.4 is 16.4 Å². The van der Waals surface area contributed by atoms with Crippen LogP contribution in [0, 0.1) is 6.92 Å². The molecule has 0 heterocycles. The van der Waals surface area contributed by atoms with Crippen molar-refractivity contribution in [1.82, 2.24) is 5.32 Å². The van der Waals surface area contributed by atoms with Crippen LogP contribution in [0.2, 0.25) is 0 Å². The molecular weight excluding hydrogens is 246 g/mol. The van der Waals surface area contributed by atoms with E-state index in [1.54, 1.807) is 0 Å². The van der Waals surface area contributed by atoms with Crippen molar-refractivity contribution in [2.75, 3.05) is 11.9 Å². The number of amides is 1. The number of benzene rings is 1. The monoisotopic (exact) mass is 265 g/mol. The predicted molar refractivity (Wildman–Crippen MR) is 78.8 cm³/mol. The number of rotatable bonds is 5. The minimum atomic E-state index is -0.0268. The Morgan fingerprint density at radius 1 is 1.44 bits per heavy atom. The van der Waals surface area contributed by atoms with Crippen LogP contribution in [-0.4, -0.2) is 23.5 Å². The zero-order chi connectivity index (χ0) is 13.7. The molecule has 0 saturated carbocycles. The number of nitrogens with one attached hydrogen (secondary N) is 2. The van der Waals surface area contributed by atoms with Crippen LogP contribution in [-0.2, 0) is 4.79 Å².